The van der Waals surface area contributed by atoms with Crippen molar-refractivity contribution >= 4 is 44.7 Å². The Labute approximate surface area is 202 Å². The first-order chi connectivity index (χ1) is 16.5. The summed E-state index contributed by atoms with van der Waals surface area (Å²) in [7, 11) is 2.16. The first-order valence-corrected chi connectivity index (χ1v) is 12.1. The topological polar surface area (TPSA) is 102 Å². The Morgan fingerprint density at radius 2 is 1.88 bits per heavy atom. The Morgan fingerprint density at radius 3 is 2.65 bits per heavy atom. The number of carbonyl (C=O) groups excluding carboxylic acids is 1. The molecule has 34 heavy (non-hydrogen) atoms. The molecule has 1 aromatic carbocycles. The second kappa shape index (κ2) is 9.49. The lowest BCUT2D eigenvalue weighted by Crippen LogP contribution is -2.43. The molecule has 0 aliphatic carbocycles. The lowest BCUT2D eigenvalue weighted by Gasteiger charge is -2.32. The maximum Gasteiger partial charge on any atom is 0.275 e. The van der Waals surface area contributed by atoms with Gasteiger partial charge in [0.25, 0.3) is 5.91 Å². The molecule has 1 fully saturated rings. The molecule has 0 spiro atoms. The normalized spacial score (nSPS) is 15.0. The number of aryl methyl sites for hydroxylation is 2. The van der Waals surface area contributed by atoms with E-state index in [1.165, 1.54) is 16.8 Å². The fourth-order valence-corrected chi connectivity index (χ4v) is 5.11. The lowest BCUT2D eigenvalue weighted by molar-refractivity contribution is 0.102. The summed E-state index contributed by atoms with van der Waals surface area (Å²) in [5.74, 6) is 0.394. The van der Waals surface area contributed by atoms with Crippen LogP contribution in [0.15, 0.2) is 36.8 Å². The second-order valence-electron chi connectivity index (χ2n) is 8.70. The SMILES string of the molecule is Cc1sc2ncnc(Nc3cn[nH]c3C(=O)Nc3ccc(CN4CCN(C)CC4)cc3)c2c1C. The van der Waals surface area contributed by atoms with Crippen LogP contribution in [0.2, 0.25) is 0 Å². The predicted molar refractivity (Wildman–Crippen MR) is 136 cm³/mol. The fourth-order valence-electron chi connectivity index (χ4n) is 4.11. The molecule has 4 aromatic rings. The summed E-state index contributed by atoms with van der Waals surface area (Å²) in [6.07, 6.45) is 3.13. The number of piperazine rings is 1. The highest BCUT2D eigenvalue weighted by atomic mass is 32.1. The van der Waals surface area contributed by atoms with Crippen LogP contribution in [0, 0.1) is 13.8 Å². The third kappa shape index (κ3) is 4.65. The monoisotopic (exact) mass is 476 g/mol. The third-order valence-corrected chi connectivity index (χ3v) is 7.41. The summed E-state index contributed by atoms with van der Waals surface area (Å²) in [6, 6.07) is 8.02. The van der Waals surface area contributed by atoms with Gasteiger partial charge in [0.05, 0.1) is 17.3 Å². The number of anilines is 3. The second-order valence-corrected chi connectivity index (χ2v) is 9.90. The molecule has 0 radical (unpaired) electrons. The van der Waals surface area contributed by atoms with Gasteiger partial charge in [0.15, 0.2) is 0 Å². The van der Waals surface area contributed by atoms with E-state index in [0.717, 1.165) is 54.2 Å². The van der Waals surface area contributed by atoms with Crippen LogP contribution in [0.3, 0.4) is 0 Å². The number of nitrogens with one attached hydrogen (secondary N) is 3. The minimum absolute atomic E-state index is 0.268. The van der Waals surface area contributed by atoms with E-state index in [2.05, 4.69) is 73.6 Å². The van der Waals surface area contributed by atoms with Crippen molar-refractivity contribution in [2.75, 3.05) is 43.9 Å². The zero-order chi connectivity index (χ0) is 23.7. The number of thiophene rings is 1. The molecule has 0 saturated carbocycles. The van der Waals surface area contributed by atoms with E-state index in [9.17, 15) is 4.79 Å². The van der Waals surface area contributed by atoms with Crippen LogP contribution in [0.5, 0.6) is 0 Å². The van der Waals surface area contributed by atoms with Gasteiger partial charge in [-0.1, -0.05) is 12.1 Å². The molecule has 10 heteroatoms. The summed E-state index contributed by atoms with van der Waals surface area (Å²) < 4.78 is 0. The van der Waals surface area contributed by atoms with Crippen LogP contribution < -0.4 is 10.6 Å². The first-order valence-electron chi connectivity index (χ1n) is 11.3. The van der Waals surface area contributed by atoms with Gasteiger partial charge in [-0.2, -0.15) is 5.10 Å². The number of carbonyl (C=O) groups is 1. The minimum atomic E-state index is -0.268. The minimum Gasteiger partial charge on any atom is -0.336 e. The molecule has 0 bridgehead atoms. The Kier molecular flexibility index (Phi) is 6.27. The molecule has 3 aromatic heterocycles. The van der Waals surface area contributed by atoms with Crippen molar-refractivity contribution in [2.24, 2.45) is 0 Å². The number of aromatic amines is 1. The fraction of sp³-hybridized carbons (Fsp3) is 0.333. The van der Waals surface area contributed by atoms with Crippen molar-refractivity contribution < 1.29 is 4.79 Å². The van der Waals surface area contributed by atoms with Crippen LogP contribution in [-0.2, 0) is 6.54 Å². The number of hydrogen-bond acceptors (Lipinski definition) is 8. The molecular weight excluding hydrogens is 448 g/mol. The maximum atomic E-state index is 13.0. The molecule has 5 rings (SSSR count). The van der Waals surface area contributed by atoms with Crippen LogP contribution in [0.25, 0.3) is 10.2 Å². The highest BCUT2D eigenvalue weighted by Gasteiger charge is 2.18. The molecule has 1 aliphatic heterocycles. The molecule has 0 atom stereocenters. The average Bonchev–Trinajstić information content (AvgIpc) is 3.41. The maximum absolute atomic E-state index is 13.0. The number of nitrogens with zero attached hydrogens (tertiary/aromatic N) is 5. The van der Waals surface area contributed by atoms with E-state index in [1.807, 2.05) is 12.1 Å². The van der Waals surface area contributed by atoms with Gasteiger partial charge >= 0.3 is 0 Å². The summed E-state index contributed by atoms with van der Waals surface area (Å²) >= 11 is 1.63. The molecule has 0 unspecified atom stereocenters. The van der Waals surface area contributed by atoms with Gasteiger partial charge in [-0.25, -0.2) is 9.97 Å². The largest absolute Gasteiger partial charge is 0.336 e. The van der Waals surface area contributed by atoms with E-state index in [1.54, 1.807) is 17.5 Å². The molecule has 1 saturated heterocycles. The van der Waals surface area contributed by atoms with Crippen LogP contribution in [0.4, 0.5) is 17.2 Å². The average molecular weight is 477 g/mol. The van der Waals surface area contributed by atoms with E-state index >= 15 is 0 Å². The lowest BCUT2D eigenvalue weighted by atomic mass is 10.1. The van der Waals surface area contributed by atoms with E-state index in [4.69, 9.17) is 0 Å². The Morgan fingerprint density at radius 1 is 1.12 bits per heavy atom. The number of benzene rings is 1. The highest BCUT2D eigenvalue weighted by Crippen LogP contribution is 2.34. The van der Waals surface area contributed by atoms with Crippen molar-refractivity contribution in [3.05, 3.63) is 58.5 Å². The quantitative estimate of drug-likeness (QED) is 0.389. The standard InChI is InChI=1S/C24H28N8OS/c1-15-16(2)34-24-20(15)22(25-14-26-24)29-19-12-27-30-21(19)23(33)28-18-6-4-17(5-7-18)13-32-10-8-31(3)9-11-32/h4-7,12,14H,8-11,13H2,1-3H3,(H,27,30)(H,28,33)(H,25,26,29). The number of H-pyrrole nitrogens is 1. The van der Waals surface area contributed by atoms with E-state index < -0.39 is 0 Å². The van der Waals surface area contributed by atoms with Gasteiger partial charge in [0.1, 0.15) is 22.7 Å². The summed E-state index contributed by atoms with van der Waals surface area (Å²) in [4.78, 5) is 28.7. The number of hydrogen-bond donors (Lipinski definition) is 3. The third-order valence-electron chi connectivity index (χ3n) is 6.30. The van der Waals surface area contributed by atoms with E-state index in [0.29, 0.717) is 17.2 Å². The van der Waals surface area contributed by atoms with Crippen molar-refractivity contribution in [3.8, 4) is 0 Å². The first kappa shape index (κ1) is 22.5. The van der Waals surface area contributed by atoms with Crippen molar-refractivity contribution in [1.29, 1.82) is 0 Å². The number of likely N-dealkylation sites (N-methyl/N-ethyl adjacent to an activating group) is 1. The van der Waals surface area contributed by atoms with E-state index in [-0.39, 0.29) is 5.91 Å². The zero-order valence-electron chi connectivity index (χ0n) is 19.6. The van der Waals surface area contributed by atoms with Gasteiger partial charge < -0.3 is 15.5 Å². The molecular formula is C24H28N8OS. The number of fused-ring (bicyclic) bond motifs is 1. The molecule has 9 nitrogen and oxygen atoms in total. The number of rotatable bonds is 6. The molecule has 1 amide bonds. The van der Waals surface area contributed by atoms with Crippen LogP contribution >= 0.6 is 11.3 Å². The molecule has 4 heterocycles. The van der Waals surface area contributed by atoms with Crippen molar-refractivity contribution in [2.45, 2.75) is 20.4 Å². The number of aromatic nitrogens is 4. The van der Waals surface area contributed by atoms with Gasteiger partial charge in [-0.3, -0.25) is 14.8 Å². The highest BCUT2D eigenvalue weighted by molar-refractivity contribution is 7.18. The van der Waals surface area contributed by atoms with Gasteiger partial charge in [-0.05, 0) is 44.2 Å². The predicted octanol–water partition coefficient (Wildman–Crippen LogP) is 3.77. The summed E-state index contributed by atoms with van der Waals surface area (Å²) in [6.45, 7) is 9.40. The van der Waals surface area contributed by atoms with Gasteiger partial charge in [0, 0.05) is 43.3 Å². The molecule has 3 N–H and O–H groups in total. The Balaban J connectivity index is 1.27. The zero-order valence-corrected chi connectivity index (χ0v) is 20.4. The Bertz CT molecular complexity index is 1300. The van der Waals surface area contributed by atoms with Crippen LogP contribution in [-0.4, -0.2) is 69.1 Å². The molecule has 1 aliphatic rings. The summed E-state index contributed by atoms with van der Waals surface area (Å²) in [5.41, 5.74) is 4.02. The smallest absolute Gasteiger partial charge is 0.275 e. The summed E-state index contributed by atoms with van der Waals surface area (Å²) in [5, 5.41) is 14.1. The van der Waals surface area contributed by atoms with Crippen LogP contribution in [0.1, 0.15) is 26.5 Å². The van der Waals surface area contributed by atoms with Crippen molar-refractivity contribution in [1.82, 2.24) is 30.0 Å². The van der Waals surface area contributed by atoms with Gasteiger partial charge in [0.2, 0.25) is 0 Å². The van der Waals surface area contributed by atoms with Crippen molar-refractivity contribution in [3.63, 3.8) is 0 Å². The molecule has 176 valence electrons. The Hall–Kier alpha value is -3.34. The van der Waals surface area contributed by atoms with Gasteiger partial charge in [-0.15, -0.1) is 11.3 Å². The number of amides is 1.